The quantitative estimate of drug-likeness (QED) is 0.368. The van der Waals surface area contributed by atoms with Crippen LogP contribution in [0.15, 0.2) is 43.0 Å². The van der Waals surface area contributed by atoms with Crippen molar-refractivity contribution in [1.29, 1.82) is 0 Å². The molecule has 2 aromatic carbocycles. The van der Waals surface area contributed by atoms with Gasteiger partial charge < -0.3 is 9.64 Å². The molecule has 2 aromatic rings. The van der Waals surface area contributed by atoms with Gasteiger partial charge in [-0.2, -0.15) is 0 Å². The smallest absolute Gasteiger partial charge is 0.338 e. The van der Waals surface area contributed by atoms with E-state index in [4.69, 9.17) is 4.74 Å². The van der Waals surface area contributed by atoms with E-state index < -0.39 is 0 Å². The Labute approximate surface area is 213 Å². The Balaban J connectivity index is 0.00000408. The highest BCUT2D eigenvalue weighted by Crippen LogP contribution is 2.47. The van der Waals surface area contributed by atoms with Gasteiger partial charge >= 0.3 is 5.97 Å². The monoisotopic (exact) mass is 483 g/mol. The van der Waals surface area contributed by atoms with E-state index >= 15 is 0 Å². The van der Waals surface area contributed by atoms with Gasteiger partial charge in [0.15, 0.2) is 0 Å². The van der Waals surface area contributed by atoms with Crippen LogP contribution in [0.4, 0.5) is 0 Å². The van der Waals surface area contributed by atoms with Gasteiger partial charge in [-0.1, -0.05) is 72.4 Å². The fourth-order valence-corrected chi connectivity index (χ4v) is 4.90. The van der Waals surface area contributed by atoms with Crippen molar-refractivity contribution < 1.29 is 9.53 Å². The zero-order valence-corrected chi connectivity index (χ0v) is 22.9. The molecule has 1 aliphatic rings. The van der Waals surface area contributed by atoms with Gasteiger partial charge in [0.1, 0.15) is 6.61 Å². The first-order valence-electron chi connectivity index (χ1n) is 12.3. The summed E-state index contributed by atoms with van der Waals surface area (Å²) in [6.07, 6.45) is 2.40. The Hall–Kier alpha value is -2.10. The highest BCUT2D eigenvalue weighted by Gasteiger charge is 2.37. The van der Waals surface area contributed by atoms with Crippen LogP contribution in [0, 0.1) is 6.92 Å². The number of aryl methyl sites for hydroxylation is 1. The molecule has 1 aliphatic carbocycles. The number of carbonyl (C=O) groups is 1. The number of halogens is 1. The number of hydrogen-bond acceptors (Lipinski definition) is 3. The molecule has 0 aromatic heterocycles. The van der Waals surface area contributed by atoms with Crippen molar-refractivity contribution in [2.75, 3.05) is 26.2 Å². The maximum Gasteiger partial charge on any atom is 0.338 e. The number of carbonyl (C=O) groups excluding carboxylic acids is 1. The van der Waals surface area contributed by atoms with E-state index in [-0.39, 0.29) is 29.2 Å². The topological polar surface area (TPSA) is 29.5 Å². The lowest BCUT2D eigenvalue weighted by Gasteiger charge is -2.42. The Morgan fingerprint density at radius 1 is 0.941 bits per heavy atom. The third-order valence-electron chi connectivity index (χ3n) is 7.53. The van der Waals surface area contributed by atoms with E-state index in [0.29, 0.717) is 12.2 Å². The van der Waals surface area contributed by atoms with Crippen LogP contribution in [0.2, 0.25) is 0 Å². The van der Waals surface area contributed by atoms with E-state index in [1.54, 1.807) is 0 Å². The van der Waals surface area contributed by atoms with E-state index in [1.165, 1.54) is 35.1 Å². The average molecular weight is 484 g/mol. The van der Waals surface area contributed by atoms with Crippen molar-refractivity contribution in [2.45, 2.75) is 72.1 Å². The number of fused-ring (bicyclic) bond motifs is 1. The van der Waals surface area contributed by atoms with Crippen molar-refractivity contribution in [1.82, 2.24) is 4.90 Å². The molecule has 34 heavy (non-hydrogen) atoms. The molecule has 0 radical (unpaired) electrons. The normalized spacial score (nSPS) is 15.9. The first-order chi connectivity index (χ1) is 15.5. The summed E-state index contributed by atoms with van der Waals surface area (Å²) in [5.74, 6) is -0.270. The lowest BCUT2D eigenvalue weighted by Crippen LogP contribution is -2.34. The molecule has 0 saturated heterocycles. The zero-order chi connectivity index (χ0) is 24.4. The lowest BCUT2D eigenvalue weighted by atomic mass is 9.62. The van der Waals surface area contributed by atoms with Gasteiger partial charge in [0.2, 0.25) is 0 Å². The SMILES string of the molecule is C=C(c1ccc(C(=O)OCCN(CC)CC)cc1)c1cc2c(cc1C)C(C)(C)CCC2(C)C.Cl. The van der Waals surface area contributed by atoms with Crippen molar-refractivity contribution in [3.05, 3.63) is 76.4 Å². The summed E-state index contributed by atoms with van der Waals surface area (Å²) in [6.45, 7) is 23.3. The van der Waals surface area contributed by atoms with Crippen LogP contribution in [0.1, 0.15) is 92.6 Å². The summed E-state index contributed by atoms with van der Waals surface area (Å²) >= 11 is 0. The molecule has 3 rings (SSSR count). The molecule has 0 unspecified atom stereocenters. The van der Waals surface area contributed by atoms with Crippen LogP contribution in [0.5, 0.6) is 0 Å². The summed E-state index contributed by atoms with van der Waals surface area (Å²) in [5.41, 5.74) is 8.32. The first kappa shape index (κ1) is 28.1. The van der Waals surface area contributed by atoms with Crippen molar-refractivity contribution in [3.8, 4) is 0 Å². The highest BCUT2D eigenvalue weighted by atomic mass is 35.5. The average Bonchev–Trinajstić information content (AvgIpc) is 2.79. The molecule has 0 spiro atoms. The predicted molar refractivity (Wildman–Crippen MR) is 146 cm³/mol. The Morgan fingerprint density at radius 2 is 1.44 bits per heavy atom. The molecule has 186 valence electrons. The fraction of sp³-hybridized carbons (Fsp3) is 0.500. The van der Waals surface area contributed by atoms with Gasteiger partial charge in [0.25, 0.3) is 0 Å². The van der Waals surface area contributed by atoms with E-state index in [9.17, 15) is 4.79 Å². The highest BCUT2D eigenvalue weighted by molar-refractivity contribution is 5.90. The third kappa shape index (κ3) is 5.93. The minimum atomic E-state index is -0.270. The molecule has 0 amide bonds. The van der Waals surface area contributed by atoms with Gasteiger partial charge in [0.05, 0.1) is 5.56 Å². The number of nitrogens with zero attached hydrogens (tertiary/aromatic N) is 1. The molecule has 4 heteroatoms. The van der Waals surface area contributed by atoms with E-state index in [0.717, 1.165) is 30.8 Å². The number of esters is 1. The molecule has 0 atom stereocenters. The summed E-state index contributed by atoms with van der Waals surface area (Å²) in [6, 6.07) is 12.4. The Morgan fingerprint density at radius 3 is 1.97 bits per heavy atom. The second kappa shape index (κ2) is 11.1. The van der Waals surface area contributed by atoms with Gasteiger partial charge in [-0.3, -0.25) is 0 Å². The maximum atomic E-state index is 12.4. The van der Waals surface area contributed by atoms with E-state index in [1.807, 2.05) is 24.3 Å². The number of benzene rings is 2. The summed E-state index contributed by atoms with van der Waals surface area (Å²) < 4.78 is 5.47. The number of ether oxygens (including phenoxy) is 1. The molecular weight excluding hydrogens is 442 g/mol. The minimum Gasteiger partial charge on any atom is -0.461 e. The van der Waals surface area contributed by atoms with Crippen molar-refractivity contribution in [3.63, 3.8) is 0 Å². The van der Waals surface area contributed by atoms with Crippen LogP contribution < -0.4 is 0 Å². The Kier molecular flexibility index (Phi) is 9.18. The molecule has 0 fully saturated rings. The second-order valence-electron chi connectivity index (χ2n) is 10.7. The molecule has 0 N–H and O–H groups in total. The number of hydrogen-bond donors (Lipinski definition) is 0. The van der Waals surface area contributed by atoms with Gasteiger partial charge in [-0.15, -0.1) is 12.4 Å². The molecule has 0 heterocycles. The van der Waals surface area contributed by atoms with Crippen LogP contribution in [0.25, 0.3) is 5.57 Å². The molecule has 0 aliphatic heterocycles. The lowest BCUT2D eigenvalue weighted by molar-refractivity contribution is 0.0466. The fourth-order valence-electron chi connectivity index (χ4n) is 4.90. The van der Waals surface area contributed by atoms with Gasteiger partial charge in [-0.25, -0.2) is 4.79 Å². The van der Waals surface area contributed by atoms with Crippen LogP contribution in [-0.2, 0) is 15.6 Å². The molecular formula is C30H42ClNO2. The number of likely N-dealkylation sites (N-methyl/N-ethyl adjacent to an activating group) is 1. The Bertz CT molecular complexity index is 1020. The number of rotatable bonds is 8. The zero-order valence-electron chi connectivity index (χ0n) is 22.1. The van der Waals surface area contributed by atoms with Crippen LogP contribution >= 0.6 is 12.4 Å². The third-order valence-corrected chi connectivity index (χ3v) is 7.53. The summed E-state index contributed by atoms with van der Waals surface area (Å²) in [5, 5.41) is 0. The van der Waals surface area contributed by atoms with E-state index in [2.05, 4.69) is 72.1 Å². The molecule has 0 bridgehead atoms. The van der Waals surface area contributed by atoms with Crippen molar-refractivity contribution >= 4 is 23.9 Å². The molecule has 0 saturated carbocycles. The molecule has 3 nitrogen and oxygen atoms in total. The predicted octanol–water partition coefficient (Wildman–Crippen LogP) is 7.33. The minimum absolute atomic E-state index is 0. The maximum absolute atomic E-state index is 12.4. The van der Waals surface area contributed by atoms with Crippen LogP contribution in [-0.4, -0.2) is 37.1 Å². The summed E-state index contributed by atoms with van der Waals surface area (Å²) in [7, 11) is 0. The second-order valence-corrected chi connectivity index (χ2v) is 10.7. The first-order valence-corrected chi connectivity index (χ1v) is 12.3. The van der Waals surface area contributed by atoms with Crippen molar-refractivity contribution in [2.24, 2.45) is 0 Å². The van der Waals surface area contributed by atoms with Gasteiger partial charge in [-0.05, 0) is 89.2 Å². The summed E-state index contributed by atoms with van der Waals surface area (Å²) in [4.78, 5) is 14.7. The van der Waals surface area contributed by atoms with Gasteiger partial charge in [0, 0.05) is 6.54 Å². The largest absolute Gasteiger partial charge is 0.461 e. The standard InChI is InChI=1S/C30H41NO2.ClH/c1-9-31(10-2)17-18-33-28(32)24-13-11-23(12-14-24)22(4)25-20-27-26(19-21(25)3)29(5,6)15-16-30(27,7)8;/h11-14,19-20H,4,9-10,15-18H2,1-3,5-8H3;1H. The van der Waals surface area contributed by atoms with Crippen LogP contribution in [0.3, 0.4) is 0 Å².